The lowest BCUT2D eigenvalue weighted by Gasteiger charge is -2.04. The molecular weight excluding hydrogens is 172 g/mol. The van der Waals surface area contributed by atoms with Crippen LogP contribution in [0.2, 0.25) is 0 Å². The molecule has 0 spiro atoms. The molecule has 0 N–H and O–H groups in total. The van der Waals surface area contributed by atoms with Crippen molar-refractivity contribution in [2.24, 2.45) is 0 Å². The number of rotatable bonds is 0. The van der Waals surface area contributed by atoms with Gasteiger partial charge in [-0.1, -0.05) is 51.6 Å². The number of ether oxygens (including phenoxy) is 1. The molecule has 2 rings (SSSR count). The Morgan fingerprint density at radius 2 is 1.64 bits per heavy atom. The smallest absolute Gasteiger partial charge is 0.135 e. The number of hydrogen-bond donors (Lipinski definition) is 0. The molecule has 0 amide bonds. The van der Waals surface area contributed by atoms with Crippen LogP contribution >= 0.6 is 0 Å². The van der Waals surface area contributed by atoms with E-state index in [0.717, 1.165) is 11.3 Å². The zero-order chi connectivity index (χ0) is 10.8. The highest BCUT2D eigenvalue weighted by atomic mass is 16.5. The molecule has 1 aromatic carbocycles. The first-order valence-electron chi connectivity index (χ1n) is 5.13. The van der Waals surface area contributed by atoms with E-state index in [-0.39, 0.29) is 0 Å². The van der Waals surface area contributed by atoms with Crippen LogP contribution in [-0.4, -0.2) is 0 Å². The lowest BCUT2D eigenvalue weighted by Crippen LogP contribution is -1.87. The van der Waals surface area contributed by atoms with Gasteiger partial charge in [-0.2, -0.15) is 0 Å². The molecule has 1 aromatic rings. The van der Waals surface area contributed by atoms with Crippen LogP contribution in [0.15, 0.2) is 36.3 Å². The quantitative estimate of drug-likeness (QED) is 0.555. The van der Waals surface area contributed by atoms with Crippen molar-refractivity contribution in [3.63, 3.8) is 0 Å². The largest absolute Gasteiger partial charge is 0.456 e. The van der Waals surface area contributed by atoms with Crippen molar-refractivity contribution in [3.05, 3.63) is 41.8 Å². The molecule has 1 aliphatic heterocycles. The molecule has 76 valence electrons. The fraction of sp³-hybridized carbons (Fsp3) is 0.308. The lowest BCUT2D eigenvalue weighted by atomic mass is 10.2. The maximum Gasteiger partial charge on any atom is 0.135 e. The third-order valence-electron chi connectivity index (χ3n) is 1.41. The first-order valence-corrected chi connectivity index (χ1v) is 5.13. The van der Waals surface area contributed by atoms with Gasteiger partial charge in [0.1, 0.15) is 12.0 Å². The van der Waals surface area contributed by atoms with Gasteiger partial charge in [-0.3, -0.25) is 0 Å². The molecule has 0 unspecified atom stereocenters. The minimum atomic E-state index is 0.904. The van der Waals surface area contributed by atoms with Gasteiger partial charge in [-0.25, -0.2) is 0 Å². The van der Waals surface area contributed by atoms with Gasteiger partial charge in [0, 0.05) is 5.56 Å². The van der Waals surface area contributed by atoms with E-state index in [9.17, 15) is 0 Å². The Bertz CT molecular complexity index is 307. The van der Waals surface area contributed by atoms with Gasteiger partial charge in [0.05, 0.1) is 0 Å². The van der Waals surface area contributed by atoms with Crippen LogP contribution in [0.1, 0.15) is 33.3 Å². The van der Waals surface area contributed by atoms with Gasteiger partial charge < -0.3 is 4.74 Å². The third-order valence-corrected chi connectivity index (χ3v) is 1.41. The summed E-state index contributed by atoms with van der Waals surface area (Å²) in [5.74, 6) is 0.904. The molecule has 0 saturated carbocycles. The van der Waals surface area contributed by atoms with E-state index in [4.69, 9.17) is 4.74 Å². The minimum Gasteiger partial charge on any atom is -0.456 e. The van der Waals surface area contributed by atoms with E-state index in [0.29, 0.717) is 0 Å². The van der Waals surface area contributed by atoms with E-state index in [1.165, 1.54) is 0 Å². The molecule has 0 bridgehead atoms. The molecule has 0 saturated heterocycles. The first-order chi connectivity index (χ1) is 6.97. The second-order valence-electron chi connectivity index (χ2n) is 2.08. The van der Waals surface area contributed by atoms with E-state index >= 15 is 0 Å². The van der Waals surface area contributed by atoms with E-state index in [1.807, 2.05) is 58.0 Å². The normalized spacial score (nSPS) is 9.71. The molecule has 1 nitrogen and oxygen atoms in total. The number of para-hydroxylation sites is 1. The first kappa shape index (κ1) is 12.5. The van der Waals surface area contributed by atoms with Crippen LogP contribution in [0.4, 0.5) is 0 Å². The van der Waals surface area contributed by atoms with Gasteiger partial charge in [-0.05, 0) is 12.1 Å². The Hall–Kier alpha value is -1.46. The summed E-state index contributed by atoms with van der Waals surface area (Å²) in [7, 11) is 0. The van der Waals surface area contributed by atoms with Crippen molar-refractivity contribution in [1.29, 1.82) is 0 Å². The predicted molar refractivity (Wildman–Crippen MR) is 62.3 cm³/mol. The Balaban J connectivity index is 0.000000379. The second-order valence-corrected chi connectivity index (χ2v) is 2.08. The molecular formula is C13H18O. The van der Waals surface area contributed by atoms with Crippen LogP contribution in [-0.2, 0) is 0 Å². The topological polar surface area (TPSA) is 9.23 Å². The van der Waals surface area contributed by atoms with Crippen LogP contribution in [0.25, 0.3) is 6.08 Å². The number of fused-ring (bicyclic) bond motifs is 1. The summed E-state index contributed by atoms with van der Waals surface area (Å²) >= 11 is 0. The lowest BCUT2D eigenvalue weighted by molar-refractivity contribution is 0.479. The SMILES string of the molecule is C1=COc2ccccc2C=1.CC.CC. The maximum absolute atomic E-state index is 5.16. The summed E-state index contributed by atoms with van der Waals surface area (Å²) in [4.78, 5) is 0. The average molecular weight is 190 g/mol. The summed E-state index contributed by atoms with van der Waals surface area (Å²) in [5, 5.41) is 0. The monoisotopic (exact) mass is 190 g/mol. The average Bonchev–Trinajstić information content (AvgIpc) is 2.34. The van der Waals surface area contributed by atoms with Gasteiger partial charge in [0.15, 0.2) is 0 Å². The van der Waals surface area contributed by atoms with Crippen molar-refractivity contribution in [2.75, 3.05) is 0 Å². The van der Waals surface area contributed by atoms with E-state index < -0.39 is 0 Å². The molecule has 1 heterocycles. The summed E-state index contributed by atoms with van der Waals surface area (Å²) in [5.41, 5.74) is 3.96. The summed E-state index contributed by atoms with van der Waals surface area (Å²) < 4.78 is 5.16. The molecule has 0 aromatic heterocycles. The maximum atomic E-state index is 5.16. The predicted octanol–water partition coefficient (Wildman–Crippen LogP) is 4.26. The van der Waals surface area contributed by atoms with Crippen molar-refractivity contribution >= 4 is 6.08 Å². The molecule has 14 heavy (non-hydrogen) atoms. The van der Waals surface area contributed by atoms with Crippen LogP contribution < -0.4 is 4.74 Å². The van der Waals surface area contributed by atoms with E-state index in [1.54, 1.807) is 6.26 Å². The Morgan fingerprint density at radius 1 is 1.00 bits per heavy atom. The Kier molecular flexibility index (Phi) is 7.30. The summed E-state index contributed by atoms with van der Waals surface area (Å²) in [6.07, 6.45) is 3.46. The van der Waals surface area contributed by atoms with Crippen LogP contribution in [0, 0.1) is 0 Å². The van der Waals surface area contributed by atoms with Gasteiger partial charge in [0.2, 0.25) is 0 Å². The molecule has 1 aliphatic rings. The van der Waals surface area contributed by atoms with Gasteiger partial charge in [-0.15, -0.1) is 0 Å². The standard InChI is InChI=1S/C9H6O.2C2H6/c1-2-6-9-8(4-1)5-3-7-10-9;2*1-2/h1-2,4-7H;2*1-2H3. The Morgan fingerprint density at radius 3 is 2.29 bits per heavy atom. The molecule has 0 atom stereocenters. The highest BCUT2D eigenvalue weighted by molar-refractivity contribution is 5.58. The van der Waals surface area contributed by atoms with Crippen molar-refractivity contribution in [3.8, 4) is 5.75 Å². The van der Waals surface area contributed by atoms with Crippen molar-refractivity contribution in [2.45, 2.75) is 27.7 Å². The van der Waals surface area contributed by atoms with Gasteiger partial charge in [0.25, 0.3) is 0 Å². The number of hydrogen-bond acceptors (Lipinski definition) is 1. The highest BCUT2D eigenvalue weighted by Crippen LogP contribution is 2.21. The zero-order valence-corrected chi connectivity index (χ0v) is 9.37. The summed E-state index contributed by atoms with van der Waals surface area (Å²) in [6.45, 7) is 8.00. The molecule has 1 heteroatoms. The van der Waals surface area contributed by atoms with Crippen LogP contribution in [0.5, 0.6) is 5.75 Å². The van der Waals surface area contributed by atoms with Gasteiger partial charge >= 0.3 is 0 Å². The third kappa shape index (κ3) is 3.51. The highest BCUT2D eigenvalue weighted by Gasteiger charge is 1.98. The fourth-order valence-corrected chi connectivity index (χ4v) is 0.928. The Labute approximate surface area is 86.7 Å². The van der Waals surface area contributed by atoms with Crippen molar-refractivity contribution in [1.82, 2.24) is 0 Å². The molecule has 0 radical (unpaired) electrons. The van der Waals surface area contributed by atoms with Crippen molar-refractivity contribution < 1.29 is 4.74 Å². The number of benzene rings is 1. The van der Waals surface area contributed by atoms with Crippen LogP contribution in [0.3, 0.4) is 0 Å². The van der Waals surface area contributed by atoms with E-state index in [2.05, 4.69) is 5.73 Å². The molecule has 0 aliphatic carbocycles. The zero-order valence-electron chi connectivity index (χ0n) is 9.37. The second kappa shape index (κ2) is 8.15. The fourth-order valence-electron chi connectivity index (χ4n) is 0.928. The summed E-state index contributed by atoms with van der Waals surface area (Å²) in [6, 6.07) is 7.86. The molecule has 0 fully saturated rings. The minimum absolute atomic E-state index is 0.904.